The largest absolute Gasteiger partial charge is 0.507 e. The van der Waals surface area contributed by atoms with E-state index in [1.54, 1.807) is 11.0 Å². The zero-order valence-electron chi connectivity index (χ0n) is 22.9. The number of ether oxygens (including phenoxy) is 2. The molecule has 1 N–H and O–H groups in total. The smallest absolute Gasteiger partial charge is 0.295 e. The monoisotopic (exact) mass is 520 g/mol. The van der Waals surface area contributed by atoms with Crippen LogP contribution < -0.4 is 4.74 Å². The van der Waals surface area contributed by atoms with Crippen molar-refractivity contribution in [3.8, 4) is 5.75 Å². The van der Waals surface area contributed by atoms with Crippen molar-refractivity contribution in [2.75, 3.05) is 46.0 Å². The summed E-state index contributed by atoms with van der Waals surface area (Å²) in [6.07, 6.45) is 3.64. The van der Waals surface area contributed by atoms with E-state index in [0.29, 0.717) is 18.7 Å². The van der Waals surface area contributed by atoms with Crippen LogP contribution in [0.2, 0.25) is 0 Å². The number of ketones is 1. The minimum Gasteiger partial charge on any atom is -0.507 e. The molecule has 2 fully saturated rings. The fourth-order valence-electron chi connectivity index (χ4n) is 5.12. The topological polar surface area (TPSA) is 79.3 Å². The molecule has 0 aromatic heterocycles. The van der Waals surface area contributed by atoms with Crippen LogP contribution in [0.25, 0.3) is 5.76 Å². The van der Waals surface area contributed by atoms with E-state index in [-0.39, 0.29) is 11.3 Å². The Labute approximate surface area is 226 Å². The number of morpholine rings is 1. The summed E-state index contributed by atoms with van der Waals surface area (Å²) in [5.74, 6) is -0.592. The Balaban J connectivity index is 1.65. The number of aliphatic hydroxyl groups excluding tert-OH is 1. The second kappa shape index (κ2) is 13.1. The van der Waals surface area contributed by atoms with Crippen molar-refractivity contribution < 1.29 is 24.2 Å². The number of nitrogens with zero attached hydrogens (tertiary/aromatic N) is 2. The molecule has 2 saturated heterocycles. The molecule has 2 aliphatic rings. The molecule has 0 saturated carbocycles. The van der Waals surface area contributed by atoms with E-state index in [0.717, 1.165) is 75.4 Å². The molecule has 1 atom stereocenters. The lowest BCUT2D eigenvalue weighted by atomic mass is 9.94. The van der Waals surface area contributed by atoms with E-state index < -0.39 is 17.7 Å². The number of aryl methyl sites for hydroxylation is 2. The molecule has 7 nitrogen and oxygen atoms in total. The van der Waals surface area contributed by atoms with Gasteiger partial charge in [0.05, 0.1) is 31.4 Å². The molecular formula is C31H40N2O5. The first-order valence-electron chi connectivity index (χ1n) is 13.9. The Morgan fingerprint density at radius 2 is 1.76 bits per heavy atom. The fourth-order valence-corrected chi connectivity index (χ4v) is 5.12. The molecule has 0 bridgehead atoms. The predicted molar refractivity (Wildman–Crippen MR) is 148 cm³/mol. The lowest BCUT2D eigenvalue weighted by Gasteiger charge is -2.29. The van der Waals surface area contributed by atoms with Crippen molar-refractivity contribution in [2.45, 2.75) is 52.5 Å². The summed E-state index contributed by atoms with van der Waals surface area (Å²) in [7, 11) is 0. The number of rotatable bonds is 11. The van der Waals surface area contributed by atoms with Crippen LogP contribution in [0.3, 0.4) is 0 Å². The minimum atomic E-state index is -0.639. The lowest BCUT2D eigenvalue weighted by molar-refractivity contribution is -0.140. The Bertz CT molecular complexity index is 1150. The van der Waals surface area contributed by atoms with Gasteiger partial charge in [0.1, 0.15) is 11.5 Å². The summed E-state index contributed by atoms with van der Waals surface area (Å²) in [4.78, 5) is 30.6. The number of Topliss-reactive ketones (excluding diaryl/α,β-unsaturated/α-hetero) is 1. The summed E-state index contributed by atoms with van der Waals surface area (Å²) in [6, 6.07) is 12.7. The number of carbonyl (C=O) groups is 2. The van der Waals surface area contributed by atoms with Gasteiger partial charge in [0, 0.05) is 31.7 Å². The highest BCUT2D eigenvalue weighted by Crippen LogP contribution is 2.40. The van der Waals surface area contributed by atoms with E-state index in [1.807, 2.05) is 43.3 Å². The highest BCUT2D eigenvalue weighted by Gasteiger charge is 2.45. The van der Waals surface area contributed by atoms with Crippen LogP contribution in [0.1, 0.15) is 61.4 Å². The third-order valence-electron chi connectivity index (χ3n) is 7.42. The number of hydrogen-bond donors (Lipinski definition) is 1. The Kier molecular flexibility index (Phi) is 9.58. The lowest BCUT2D eigenvalue weighted by Crippen LogP contribution is -2.38. The van der Waals surface area contributed by atoms with Crippen molar-refractivity contribution in [1.82, 2.24) is 9.80 Å². The summed E-state index contributed by atoms with van der Waals surface area (Å²) >= 11 is 0. The number of carbonyl (C=O) groups excluding carboxylic acids is 2. The van der Waals surface area contributed by atoms with Crippen molar-refractivity contribution in [3.05, 3.63) is 70.3 Å². The first-order valence-corrected chi connectivity index (χ1v) is 13.9. The van der Waals surface area contributed by atoms with Gasteiger partial charge in [-0.1, -0.05) is 44.5 Å². The Morgan fingerprint density at radius 3 is 2.42 bits per heavy atom. The zero-order valence-corrected chi connectivity index (χ0v) is 22.9. The van der Waals surface area contributed by atoms with Gasteiger partial charge in [-0.05, 0) is 61.1 Å². The SMILES string of the molecule is CCCCOc1ccc(/C(O)=C2\C(=O)C(=O)N(CCCN3CCOCC3)[C@H]2c2ccc(CC)cc2)cc1C. The molecule has 0 radical (unpaired) electrons. The highest BCUT2D eigenvalue weighted by molar-refractivity contribution is 6.46. The molecule has 0 unspecified atom stereocenters. The quantitative estimate of drug-likeness (QED) is 0.197. The third-order valence-corrected chi connectivity index (χ3v) is 7.42. The minimum absolute atomic E-state index is 0.143. The van der Waals surface area contributed by atoms with Crippen LogP contribution in [0.5, 0.6) is 5.75 Å². The van der Waals surface area contributed by atoms with Crippen molar-refractivity contribution in [1.29, 1.82) is 0 Å². The molecule has 0 aliphatic carbocycles. The molecule has 2 aromatic carbocycles. The van der Waals surface area contributed by atoms with Gasteiger partial charge >= 0.3 is 0 Å². The molecule has 2 heterocycles. The molecule has 1 amide bonds. The van der Waals surface area contributed by atoms with Gasteiger partial charge in [0.25, 0.3) is 11.7 Å². The molecular weight excluding hydrogens is 480 g/mol. The molecule has 0 spiro atoms. The van der Waals surface area contributed by atoms with E-state index >= 15 is 0 Å². The molecule has 2 aliphatic heterocycles. The van der Waals surface area contributed by atoms with Crippen molar-refractivity contribution >= 4 is 17.4 Å². The van der Waals surface area contributed by atoms with Gasteiger partial charge in [-0.3, -0.25) is 14.5 Å². The number of unbranched alkanes of at least 4 members (excludes halogenated alkanes) is 1. The average Bonchev–Trinajstić information content (AvgIpc) is 3.19. The van der Waals surface area contributed by atoms with Gasteiger partial charge in [-0.15, -0.1) is 0 Å². The highest BCUT2D eigenvalue weighted by atomic mass is 16.5. The molecule has 38 heavy (non-hydrogen) atoms. The van der Waals surface area contributed by atoms with Gasteiger partial charge in [-0.25, -0.2) is 0 Å². The van der Waals surface area contributed by atoms with Crippen molar-refractivity contribution in [3.63, 3.8) is 0 Å². The Morgan fingerprint density at radius 1 is 1.03 bits per heavy atom. The van der Waals surface area contributed by atoms with Crippen molar-refractivity contribution in [2.24, 2.45) is 0 Å². The Hall–Kier alpha value is -3.16. The number of benzene rings is 2. The van der Waals surface area contributed by atoms with Gasteiger partial charge in [0.2, 0.25) is 0 Å². The first-order chi connectivity index (χ1) is 18.4. The standard InChI is InChI=1S/C31H40N2O5/c1-4-6-18-38-26-13-12-25(21-22(26)3)29(34)27-28(24-10-8-23(5-2)9-11-24)33(31(36)30(27)35)15-7-14-32-16-19-37-20-17-32/h8-13,21,28,34H,4-7,14-20H2,1-3H3/b29-27+/t28-/m0/s1. The summed E-state index contributed by atoms with van der Waals surface area (Å²) < 4.78 is 11.3. The fraction of sp³-hybridized carbons (Fsp3) is 0.484. The molecule has 7 heteroatoms. The third kappa shape index (κ3) is 6.27. The maximum absolute atomic E-state index is 13.4. The summed E-state index contributed by atoms with van der Waals surface area (Å²) in [5.41, 5.74) is 3.52. The van der Waals surface area contributed by atoms with E-state index in [2.05, 4.69) is 18.7 Å². The van der Waals surface area contributed by atoms with Gasteiger partial charge in [0.15, 0.2) is 0 Å². The van der Waals surface area contributed by atoms with E-state index in [9.17, 15) is 14.7 Å². The number of amides is 1. The second-order valence-corrected chi connectivity index (χ2v) is 10.1. The number of aliphatic hydroxyl groups is 1. The first kappa shape index (κ1) is 27.9. The van der Waals surface area contributed by atoms with E-state index in [1.165, 1.54) is 5.56 Å². The maximum Gasteiger partial charge on any atom is 0.295 e. The molecule has 2 aromatic rings. The number of hydrogen-bond acceptors (Lipinski definition) is 6. The summed E-state index contributed by atoms with van der Waals surface area (Å²) in [5, 5.41) is 11.4. The van der Waals surface area contributed by atoms with Crippen LogP contribution in [-0.4, -0.2) is 72.6 Å². The van der Waals surface area contributed by atoms with Crippen LogP contribution >= 0.6 is 0 Å². The van der Waals surface area contributed by atoms with E-state index in [4.69, 9.17) is 9.47 Å². The van der Waals surface area contributed by atoms with Crippen LogP contribution in [-0.2, 0) is 20.7 Å². The zero-order chi connectivity index (χ0) is 27.1. The summed E-state index contributed by atoms with van der Waals surface area (Å²) in [6.45, 7) is 11.2. The van der Waals surface area contributed by atoms with Crippen LogP contribution in [0.4, 0.5) is 0 Å². The average molecular weight is 521 g/mol. The second-order valence-electron chi connectivity index (χ2n) is 10.1. The van der Waals surface area contributed by atoms with Gasteiger partial charge < -0.3 is 19.5 Å². The van der Waals surface area contributed by atoms with Gasteiger partial charge in [-0.2, -0.15) is 0 Å². The number of likely N-dealkylation sites (tertiary alicyclic amines) is 1. The van der Waals surface area contributed by atoms with Crippen LogP contribution in [0, 0.1) is 6.92 Å². The molecule has 4 rings (SSSR count). The molecule has 204 valence electrons. The maximum atomic E-state index is 13.4. The normalized spacial score (nSPS) is 19.8. The van der Waals surface area contributed by atoms with Crippen LogP contribution in [0.15, 0.2) is 48.0 Å². The predicted octanol–water partition coefficient (Wildman–Crippen LogP) is 4.88.